The molecular weight excluding hydrogens is 403 g/mol. The number of benzene rings is 1. The zero-order valence-electron chi connectivity index (χ0n) is 17.7. The van der Waals surface area contributed by atoms with Crippen molar-refractivity contribution in [1.29, 1.82) is 0 Å². The van der Waals surface area contributed by atoms with E-state index in [0.717, 1.165) is 0 Å². The van der Waals surface area contributed by atoms with Crippen LogP contribution in [0.3, 0.4) is 0 Å². The topological polar surface area (TPSA) is 128 Å². The Balaban J connectivity index is 1.64. The molecule has 0 atom stereocenters. The van der Waals surface area contributed by atoms with E-state index in [2.05, 4.69) is 15.1 Å². The van der Waals surface area contributed by atoms with Gasteiger partial charge in [-0.05, 0) is 32.9 Å². The minimum absolute atomic E-state index is 0.0509. The van der Waals surface area contributed by atoms with E-state index in [1.807, 2.05) is 25.8 Å². The number of hydrogen-bond acceptors (Lipinski definition) is 8. The van der Waals surface area contributed by atoms with Gasteiger partial charge in [0.15, 0.2) is 5.65 Å². The summed E-state index contributed by atoms with van der Waals surface area (Å²) in [5.74, 6) is -0.294. The Morgan fingerprint density at radius 2 is 1.84 bits per heavy atom. The third-order valence-electron chi connectivity index (χ3n) is 4.93. The van der Waals surface area contributed by atoms with Crippen molar-refractivity contribution < 1.29 is 13.9 Å². The van der Waals surface area contributed by atoms with Crippen LogP contribution in [-0.2, 0) is 4.74 Å². The van der Waals surface area contributed by atoms with E-state index in [9.17, 15) is 9.18 Å². The molecule has 10 nitrogen and oxygen atoms in total. The first kappa shape index (κ1) is 20.6. The number of halogens is 1. The molecule has 2 aromatic heterocycles. The second kappa shape index (κ2) is 7.56. The van der Waals surface area contributed by atoms with Gasteiger partial charge >= 0.3 is 6.09 Å². The van der Waals surface area contributed by atoms with E-state index >= 15 is 0 Å². The predicted octanol–water partition coefficient (Wildman–Crippen LogP) is 1.99. The Kier molecular flexibility index (Phi) is 5.03. The summed E-state index contributed by atoms with van der Waals surface area (Å²) in [6.45, 7) is 7.45. The van der Waals surface area contributed by atoms with Crippen molar-refractivity contribution in [2.24, 2.45) is 0 Å². The number of anilines is 2. The van der Waals surface area contributed by atoms with E-state index in [4.69, 9.17) is 16.2 Å². The molecule has 1 amide bonds. The Morgan fingerprint density at radius 1 is 1.13 bits per heavy atom. The number of hydrogen-bond donors (Lipinski definition) is 2. The Labute approximate surface area is 178 Å². The number of carbonyl (C=O) groups is 1. The molecular formula is C20H25FN8O2. The van der Waals surface area contributed by atoms with Gasteiger partial charge in [-0.15, -0.1) is 5.10 Å². The summed E-state index contributed by atoms with van der Waals surface area (Å²) in [7, 11) is 0. The van der Waals surface area contributed by atoms with Gasteiger partial charge in [0.1, 0.15) is 29.3 Å². The average Bonchev–Trinajstić information content (AvgIpc) is 3.10. The standard InChI is InChI=1S/C20H25FN8O2/c1-20(2,3)31-19(30)27-6-8-28(9-7-27)29-18-15(17(23)24-11-25-18)16(26-29)12-4-5-14(22)13(21)10-12/h4-5,10-11H,6-9,22H2,1-3H3,(H2,23,24,25). The van der Waals surface area contributed by atoms with Crippen LogP contribution in [0.2, 0.25) is 0 Å². The molecule has 0 unspecified atom stereocenters. The third kappa shape index (κ3) is 4.03. The van der Waals surface area contributed by atoms with Crippen molar-refractivity contribution >= 4 is 28.6 Å². The van der Waals surface area contributed by atoms with Crippen LogP contribution in [0.1, 0.15) is 20.8 Å². The van der Waals surface area contributed by atoms with Gasteiger partial charge in [-0.3, -0.25) is 5.01 Å². The summed E-state index contributed by atoms with van der Waals surface area (Å²) >= 11 is 0. The van der Waals surface area contributed by atoms with Gasteiger partial charge in [-0.2, -0.15) is 4.79 Å². The molecule has 4 rings (SSSR count). The van der Waals surface area contributed by atoms with E-state index < -0.39 is 11.4 Å². The lowest BCUT2D eigenvalue weighted by Crippen LogP contribution is -2.54. The highest BCUT2D eigenvalue weighted by Gasteiger charge is 2.28. The fourth-order valence-electron chi connectivity index (χ4n) is 3.43. The van der Waals surface area contributed by atoms with Crippen molar-refractivity contribution in [3.63, 3.8) is 0 Å². The van der Waals surface area contributed by atoms with Gasteiger partial charge in [0.05, 0.1) is 24.2 Å². The molecule has 0 saturated carbocycles. The lowest BCUT2D eigenvalue weighted by Gasteiger charge is -2.36. The van der Waals surface area contributed by atoms with Crippen LogP contribution in [0.5, 0.6) is 0 Å². The zero-order chi connectivity index (χ0) is 22.3. The van der Waals surface area contributed by atoms with E-state index in [1.54, 1.807) is 15.8 Å². The maximum absolute atomic E-state index is 14.1. The predicted molar refractivity (Wildman–Crippen MR) is 115 cm³/mol. The van der Waals surface area contributed by atoms with Crippen LogP contribution < -0.4 is 16.5 Å². The normalized spacial score (nSPS) is 14.8. The lowest BCUT2D eigenvalue weighted by molar-refractivity contribution is 0.0231. The van der Waals surface area contributed by atoms with Crippen LogP contribution >= 0.6 is 0 Å². The highest BCUT2D eigenvalue weighted by Crippen LogP contribution is 2.31. The second-order valence-corrected chi connectivity index (χ2v) is 8.35. The van der Waals surface area contributed by atoms with Crippen molar-refractivity contribution in [2.45, 2.75) is 26.4 Å². The summed E-state index contributed by atoms with van der Waals surface area (Å²) in [5.41, 5.74) is 12.7. The largest absolute Gasteiger partial charge is 0.444 e. The zero-order valence-corrected chi connectivity index (χ0v) is 17.7. The van der Waals surface area contributed by atoms with E-state index in [-0.39, 0.29) is 17.6 Å². The molecule has 1 aliphatic heterocycles. The number of ether oxygens (including phenoxy) is 1. The first-order valence-corrected chi connectivity index (χ1v) is 9.92. The average molecular weight is 428 g/mol. The van der Waals surface area contributed by atoms with Crippen molar-refractivity contribution in [3.8, 4) is 11.3 Å². The lowest BCUT2D eigenvalue weighted by atomic mass is 10.1. The molecule has 1 saturated heterocycles. The maximum atomic E-state index is 14.1. The Hall–Kier alpha value is -3.63. The number of nitrogen functional groups attached to an aromatic ring is 2. The maximum Gasteiger partial charge on any atom is 0.410 e. The molecule has 4 N–H and O–H groups in total. The van der Waals surface area contributed by atoms with E-state index in [0.29, 0.717) is 48.5 Å². The quantitative estimate of drug-likeness (QED) is 0.593. The first-order valence-electron chi connectivity index (χ1n) is 9.92. The van der Waals surface area contributed by atoms with Gasteiger partial charge in [0, 0.05) is 18.7 Å². The molecule has 3 aromatic rings. The highest BCUT2D eigenvalue weighted by molar-refractivity contribution is 5.98. The number of nitrogens with zero attached hydrogens (tertiary/aromatic N) is 6. The molecule has 0 bridgehead atoms. The van der Waals surface area contributed by atoms with Crippen LogP contribution in [0.4, 0.5) is 20.7 Å². The number of nitrogens with two attached hydrogens (primary N) is 2. The number of rotatable bonds is 2. The number of aromatic nitrogens is 4. The molecule has 31 heavy (non-hydrogen) atoms. The molecule has 164 valence electrons. The Morgan fingerprint density at radius 3 is 2.48 bits per heavy atom. The minimum Gasteiger partial charge on any atom is -0.444 e. The fourth-order valence-corrected chi connectivity index (χ4v) is 3.43. The highest BCUT2D eigenvalue weighted by atomic mass is 19.1. The summed E-state index contributed by atoms with van der Waals surface area (Å²) in [4.78, 5) is 24.1. The number of amides is 1. The summed E-state index contributed by atoms with van der Waals surface area (Å²) in [6.07, 6.45) is 1.02. The summed E-state index contributed by atoms with van der Waals surface area (Å²) in [5, 5.41) is 7.14. The van der Waals surface area contributed by atoms with Crippen LogP contribution in [0, 0.1) is 5.82 Å². The third-order valence-corrected chi connectivity index (χ3v) is 4.93. The molecule has 0 spiro atoms. The van der Waals surface area contributed by atoms with E-state index in [1.165, 1.54) is 18.5 Å². The number of fused-ring (bicyclic) bond motifs is 1. The van der Waals surface area contributed by atoms with Crippen LogP contribution in [-0.4, -0.2) is 62.6 Å². The molecule has 11 heteroatoms. The number of piperazine rings is 1. The van der Waals surface area contributed by atoms with Crippen molar-refractivity contribution in [3.05, 3.63) is 30.3 Å². The van der Waals surface area contributed by atoms with Crippen molar-refractivity contribution in [1.82, 2.24) is 24.8 Å². The number of carbonyl (C=O) groups excluding carboxylic acids is 1. The van der Waals surface area contributed by atoms with Crippen molar-refractivity contribution in [2.75, 3.05) is 42.7 Å². The van der Waals surface area contributed by atoms with Gasteiger partial charge in [0.25, 0.3) is 0 Å². The summed E-state index contributed by atoms with van der Waals surface area (Å²) < 4.78 is 19.5. The molecule has 3 heterocycles. The minimum atomic E-state index is -0.551. The summed E-state index contributed by atoms with van der Waals surface area (Å²) in [6, 6.07) is 4.47. The van der Waals surface area contributed by atoms with Gasteiger partial charge in [0.2, 0.25) is 0 Å². The SMILES string of the molecule is CC(C)(C)OC(=O)N1CCN(n2nc(-c3ccc(N)c(F)c3)c3c(N)ncnc32)CC1. The van der Waals surface area contributed by atoms with Gasteiger partial charge in [-0.25, -0.2) is 19.2 Å². The fraction of sp³-hybridized carbons (Fsp3) is 0.400. The molecule has 1 aliphatic rings. The monoisotopic (exact) mass is 428 g/mol. The second-order valence-electron chi connectivity index (χ2n) is 8.35. The smallest absolute Gasteiger partial charge is 0.410 e. The Bertz CT molecular complexity index is 1130. The molecule has 0 aliphatic carbocycles. The van der Waals surface area contributed by atoms with Gasteiger partial charge < -0.3 is 21.1 Å². The molecule has 1 aromatic carbocycles. The van der Waals surface area contributed by atoms with Crippen LogP contribution in [0.25, 0.3) is 22.3 Å². The van der Waals surface area contributed by atoms with Crippen LogP contribution in [0.15, 0.2) is 24.5 Å². The van der Waals surface area contributed by atoms with Gasteiger partial charge in [-0.1, -0.05) is 6.07 Å². The molecule has 0 radical (unpaired) electrons. The molecule has 1 fully saturated rings. The first-order chi connectivity index (χ1) is 14.6.